The molecule has 2 aliphatic rings. The van der Waals surface area contributed by atoms with Crippen LogP contribution in [0.5, 0.6) is 5.75 Å². The topological polar surface area (TPSA) is 53.1 Å². The molecule has 0 aliphatic carbocycles. The summed E-state index contributed by atoms with van der Waals surface area (Å²) in [5.41, 5.74) is 1.06. The van der Waals surface area contributed by atoms with Gasteiger partial charge in [0.1, 0.15) is 17.6 Å². The third kappa shape index (κ3) is 5.58. The number of piperazine rings is 1. The third-order valence-corrected chi connectivity index (χ3v) is 7.80. The number of rotatable bonds is 7. The molecule has 2 aliphatic heterocycles. The Bertz CT molecular complexity index is 1040. The van der Waals surface area contributed by atoms with Crippen LogP contribution in [0.4, 0.5) is 10.1 Å². The van der Waals surface area contributed by atoms with E-state index < -0.39 is 17.8 Å². The van der Waals surface area contributed by atoms with Gasteiger partial charge in [-0.1, -0.05) is 38.1 Å². The Morgan fingerprint density at radius 3 is 2.43 bits per heavy atom. The molecule has 8 heteroatoms. The minimum atomic E-state index is -0.585. The quantitative estimate of drug-likeness (QED) is 0.561. The van der Waals surface area contributed by atoms with E-state index in [1.54, 1.807) is 28.8 Å². The van der Waals surface area contributed by atoms with E-state index in [1.807, 2.05) is 36.1 Å². The minimum Gasteiger partial charge on any atom is -0.492 e. The lowest BCUT2D eigenvalue weighted by Crippen LogP contribution is -2.56. The second kappa shape index (κ2) is 11.3. The Hall–Kier alpha value is -2.74. The van der Waals surface area contributed by atoms with Gasteiger partial charge >= 0.3 is 0 Å². The molecular weight excluding hydrogens is 465 g/mol. The summed E-state index contributed by atoms with van der Waals surface area (Å²) in [6.45, 7) is 9.26. The SMILES string of the molecule is CCOc1ccccc1N1CCN(C(=O)C2CSC(CC(C)C)N2C(=O)c2ccccc2F)CC1. The second-order valence-corrected chi connectivity index (χ2v) is 10.5. The van der Waals surface area contributed by atoms with Crippen LogP contribution in [0.15, 0.2) is 48.5 Å². The maximum absolute atomic E-state index is 14.5. The zero-order valence-electron chi connectivity index (χ0n) is 20.7. The Morgan fingerprint density at radius 1 is 1.06 bits per heavy atom. The average molecular weight is 500 g/mol. The molecule has 6 nitrogen and oxygen atoms in total. The number of amides is 2. The summed E-state index contributed by atoms with van der Waals surface area (Å²) >= 11 is 1.62. The first-order valence-corrected chi connectivity index (χ1v) is 13.4. The fourth-order valence-electron chi connectivity index (χ4n) is 4.76. The lowest BCUT2D eigenvalue weighted by atomic mass is 10.1. The monoisotopic (exact) mass is 499 g/mol. The summed E-state index contributed by atoms with van der Waals surface area (Å²) in [6, 6.07) is 13.4. The van der Waals surface area contributed by atoms with Crippen molar-refractivity contribution >= 4 is 29.3 Å². The first kappa shape index (κ1) is 25.4. The molecule has 0 radical (unpaired) electrons. The molecular formula is C27H34FN3O3S. The zero-order valence-corrected chi connectivity index (χ0v) is 21.5. The van der Waals surface area contributed by atoms with Crippen LogP contribution in [0, 0.1) is 11.7 Å². The van der Waals surface area contributed by atoms with E-state index in [2.05, 4.69) is 18.7 Å². The van der Waals surface area contributed by atoms with Crippen molar-refractivity contribution in [2.45, 2.75) is 38.6 Å². The van der Waals surface area contributed by atoms with Crippen LogP contribution in [0.2, 0.25) is 0 Å². The highest BCUT2D eigenvalue weighted by molar-refractivity contribution is 8.00. The normalized spacial score (nSPS) is 20.4. The predicted molar refractivity (Wildman–Crippen MR) is 138 cm³/mol. The van der Waals surface area contributed by atoms with Gasteiger partial charge in [0.25, 0.3) is 5.91 Å². The van der Waals surface area contributed by atoms with Gasteiger partial charge in [-0.2, -0.15) is 0 Å². The summed E-state index contributed by atoms with van der Waals surface area (Å²) < 4.78 is 20.3. The number of halogens is 1. The van der Waals surface area contributed by atoms with E-state index in [4.69, 9.17) is 4.74 Å². The molecule has 4 rings (SSSR count). The predicted octanol–water partition coefficient (Wildman–Crippen LogP) is 4.50. The van der Waals surface area contributed by atoms with Gasteiger partial charge in [0.15, 0.2) is 0 Å². The minimum absolute atomic E-state index is 0.0268. The summed E-state index contributed by atoms with van der Waals surface area (Å²) in [6.07, 6.45) is 0.761. The fraction of sp³-hybridized carbons (Fsp3) is 0.481. The van der Waals surface area contributed by atoms with Crippen LogP contribution in [-0.4, -0.2) is 71.6 Å². The molecule has 2 saturated heterocycles. The molecule has 0 N–H and O–H groups in total. The molecule has 2 amide bonds. The number of anilines is 1. The molecule has 2 aromatic rings. The number of carbonyl (C=O) groups is 2. The van der Waals surface area contributed by atoms with Crippen molar-refractivity contribution in [3.8, 4) is 5.75 Å². The van der Waals surface area contributed by atoms with Crippen LogP contribution in [0.25, 0.3) is 0 Å². The summed E-state index contributed by atoms with van der Waals surface area (Å²) in [7, 11) is 0. The first-order chi connectivity index (χ1) is 16.9. The number of thioether (sulfide) groups is 1. The molecule has 0 aromatic heterocycles. The van der Waals surface area contributed by atoms with E-state index >= 15 is 0 Å². The molecule has 2 atom stereocenters. The largest absolute Gasteiger partial charge is 0.492 e. The van der Waals surface area contributed by atoms with Crippen molar-refractivity contribution in [3.63, 3.8) is 0 Å². The van der Waals surface area contributed by atoms with Crippen molar-refractivity contribution in [1.29, 1.82) is 0 Å². The molecule has 35 heavy (non-hydrogen) atoms. The Kier molecular flexibility index (Phi) is 8.21. The highest BCUT2D eigenvalue weighted by Gasteiger charge is 2.44. The van der Waals surface area contributed by atoms with Crippen LogP contribution < -0.4 is 9.64 Å². The maximum atomic E-state index is 14.5. The molecule has 0 bridgehead atoms. The molecule has 188 valence electrons. The molecule has 2 aromatic carbocycles. The lowest BCUT2D eigenvalue weighted by molar-refractivity contribution is -0.135. The summed E-state index contributed by atoms with van der Waals surface area (Å²) in [5, 5.41) is -0.143. The van der Waals surface area contributed by atoms with Crippen molar-refractivity contribution in [2.75, 3.05) is 43.4 Å². The standard InChI is InChI=1S/C27H34FN3O3S/c1-4-34-24-12-8-7-11-22(24)29-13-15-30(16-14-29)27(33)23-18-35-25(17-19(2)3)31(23)26(32)20-9-5-6-10-21(20)28/h5-12,19,23,25H,4,13-18H2,1-3H3. The molecule has 2 unspecified atom stereocenters. The first-order valence-electron chi connectivity index (χ1n) is 12.3. The van der Waals surface area contributed by atoms with Gasteiger partial charge in [0, 0.05) is 31.9 Å². The van der Waals surface area contributed by atoms with Crippen LogP contribution >= 0.6 is 11.8 Å². The number of carbonyl (C=O) groups excluding carboxylic acids is 2. The zero-order chi connectivity index (χ0) is 24.9. The molecule has 2 fully saturated rings. The summed E-state index contributed by atoms with van der Waals surface area (Å²) in [4.78, 5) is 32.9. The Morgan fingerprint density at radius 2 is 1.74 bits per heavy atom. The Labute approximate surface area is 211 Å². The third-order valence-electron chi connectivity index (χ3n) is 6.49. The summed E-state index contributed by atoms with van der Waals surface area (Å²) in [5.74, 6) is 0.730. The van der Waals surface area contributed by atoms with E-state index in [0.29, 0.717) is 44.5 Å². The number of nitrogens with zero attached hydrogens (tertiary/aromatic N) is 3. The van der Waals surface area contributed by atoms with Crippen molar-refractivity contribution in [3.05, 3.63) is 59.9 Å². The van der Waals surface area contributed by atoms with Gasteiger partial charge in [-0.15, -0.1) is 11.8 Å². The van der Waals surface area contributed by atoms with E-state index in [-0.39, 0.29) is 16.8 Å². The maximum Gasteiger partial charge on any atom is 0.258 e. The number of ether oxygens (including phenoxy) is 1. The number of hydrogen-bond donors (Lipinski definition) is 0. The smallest absolute Gasteiger partial charge is 0.258 e. The van der Waals surface area contributed by atoms with Gasteiger partial charge in [-0.25, -0.2) is 4.39 Å². The average Bonchev–Trinajstić information content (AvgIpc) is 3.27. The van der Waals surface area contributed by atoms with Gasteiger partial charge in [-0.3, -0.25) is 9.59 Å². The van der Waals surface area contributed by atoms with Gasteiger partial charge in [-0.05, 0) is 43.5 Å². The second-order valence-electron chi connectivity index (χ2n) is 9.34. The van der Waals surface area contributed by atoms with Crippen molar-refractivity contribution < 1.29 is 18.7 Å². The van der Waals surface area contributed by atoms with E-state index in [1.165, 1.54) is 12.1 Å². The van der Waals surface area contributed by atoms with E-state index in [0.717, 1.165) is 17.9 Å². The van der Waals surface area contributed by atoms with E-state index in [9.17, 15) is 14.0 Å². The number of benzene rings is 2. The van der Waals surface area contributed by atoms with Gasteiger partial charge < -0.3 is 19.4 Å². The van der Waals surface area contributed by atoms with Crippen LogP contribution in [-0.2, 0) is 4.79 Å². The van der Waals surface area contributed by atoms with Crippen molar-refractivity contribution in [2.24, 2.45) is 5.92 Å². The highest BCUT2D eigenvalue weighted by Crippen LogP contribution is 2.36. The fourth-order valence-corrected chi connectivity index (χ4v) is 6.39. The number of para-hydroxylation sites is 2. The lowest BCUT2D eigenvalue weighted by Gasteiger charge is -2.39. The molecule has 2 heterocycles. The van der Waals surface area contributed by atoms with Crippen LogP contribution in [0.1, 0.15) is 37.6 Å². The van der Waals surface area contributed by atoms with Crippen molar-refractivity contribution in [1.82, 2.24) is 9.80 Å². The van der Waals surface area contributed by atoms with Gasteiger partial charge in [0.05, 0.1) is 23.2 Å². The Balaban J connectivity index is 1.49. The van der Waals surface area contributed by atoms with Gasteiger partial charge in [0.2, 0.25) is 5.91 Å². The molecule has 0 saturated carbocycles. The number of hydrogen-bond acceptors (Lipinski definition) is 5. The molecule has 0 spiro atoms. The highest BCUT2D eigenvalue weighted by atomic mass is 32.2. The van der Waals surface area contributed by atoms with Crippen LogP contribution in [0.3, 0.4) is 0 Å².